The van der Waals surface area contributed by atoms with Gasteiger partial charge >= 0.3 is 0 Å². The van der Waals surface area contributed by atoms with Gasteiger partial charge in [0.2, 0.25) is 0 Å². The summed E-state index contributed by atoms with van der Waals surface area (Å²) in [6, 6.07) is 13.8. The summed E-state index contributed by atoms with van der Waals surface area (Å²) in [5.74, 6) is 1.70. The van der Waals surface area contributed by atoms with Crippen molar-refractivity contribution in [2.45, 2.75) is 13.0 Å². The lowest BCUT2D eigenvalue weighted by atomic mass is 10.2. The summed E-state index contributed by atoms with van der Waals surface area (Å²) in [5, 5.41) is 0. The Bertz CT molecular complexity index is 403. The topological polar surface area (TPSA) is 39.2 Å². The normalized spacial score (nSPS) is 12.7. The molecule has 2 N–H and O–H groups in total. The molecule has 0 amide bonds. The maximum atomic E-state index is 5.71. The fourth-order valence-electron chi connectivity index (χ4n) is 1.36. The van der Waals surface area contributed by atoms with Crippen LogP contribution < -0.4 is 5.73 Å². The minimum Gasteiger partial charge on any atom is -0.459 e. The molecule has 0 saturated heterocycles. The largest absolute Gasteiger partial charge is 0.459 e. The third-order valence-corrected chi connectivity index (χ3v) is 2.13. The van der Waals surface area contributed by atoms with Gasteiger partial charge in [0.1, 0.15) is 11.5 Å². The molecule has 0 aliphatic rings. The Hall–Kier alpha value is -1.54. The Morgan fingerprint density at radius 2 is 1.79 bits per heavy atom. The van der Waals surface area contributed by atoms with E-state index in [1.54, 1.807) is 0 Å². The molecule has 0 saturated carbocycles. The number of benzene rings is 1. The van der Waals surface area contributed by atoms with Crippen molar-refractivity contribution in [2.24, 2.45) is 5.73 Å². The molecule has 2 heteroatoms. The van der Waals surface area contributed by atoms with Gasteiger partial charge in [0, 0.05) is 5.56 Å². The second-order valence-corrected chi connectivity index (χ2v) is 3.36. The lowest BCUT2D eigenvalue weighted by Crippen LogP contribution is -2.02. The standard InChI is InChI=1S/C12H13NO/c1-9(13)11-7-8-12(14-11)10-5-3-2-4-6-10/h2-9H,13H2,1H3/t9-/m1/s1. The van der Waals surface area contributed by atoms with Gasteiger partial charge in [-0.25, -0.2) is 0 Å². The van der Waals surface area contributed by atoms with Crippen molar-refractivity contribution in [3.63, 3.8) is 0 Å². The number of hydrogen-bond acceptors (Lipinski definition) is 2. The lowest BCUT2D eigenvalue weighted by molar-refractivity contribution is 0.491. The van der Waals surface area contributed by atoms with E-state index in [-0.39, 0.29) is 6.04 Å². The van der Waals surface area contributed by atoms with Crippen LogP contribution in [-0.2, 0) is 0 Å². The Kier molecular flexibility index (Phi) is 2.37. The summed E-state index contributed by atoms with van der Waals surface area (Å²) in [6.45, 7) is 1.91. The monoisotopic (exact) mass is 187 g/mol. The van der Waals surface area contributed by atoms with Gasteiger partial charge < -0.3 is 10.2 Å². The zero-order valence-electron chi connectivity index (χ0n) is 8.10. The van der Waals surface area contributed by atoms with Gasteiger partial charge in [-0.15, -0.1) is 0 Å². The van der Waals surface area contributed by atoms with Crippen LogP contribution in [0.3, 0.4) is 0 Å². The first-order chi connectivity index (χ1) is 6.77. The molecular formula is C12H13NO. The van der Waals surface area contributed by atoms with Crippen LogP contribution in [0.2, 0.25) is 0 Å². The predicted octanol–water partition coefficient (Wildman–Crippen LogP) is 2.97. The number of hydrogen-bond donors (Lipinski definition) is 1. The van der Waals surface area contributed by atoms with Crippen LogP contribution in [0.15, 0.2) is 46.9 Å². The summed E-state index contributed by atoms with van der Waals surface area (Å²) in [5.41, 5.74) is 6.79. The van der Waals surface area contributed by atoms with E-state index >= 15 is 0 Å². The highest BCUT2D eigenvalue weighted by atomic mass is 16.3. The molecule has 14 heavy (non-hydrogen) atoms. The molecule has 0 aliphatic carbocycles. The molecular weight excluding hydrogens is 174 g/mol. The molecule has 1 heterocycles. The van der Waals surface area contributed by atoms with Crippen LogP contribution in [0.5, 0.6) is 0 Å². The van der Waals surface area contributed by atoms with Crippen LogP contribution >= 0.6 is 0 Å². The fourth-order valence-corrected chi connectivity index (χ4v) is 1.36. The summed E-state index contributed by atoms with van der Waals surface area (Å²) < 4.78 is 5.61. The molecule has 0 aliphatic heterocycles. The van der Waals surface area contributed by atoms with Crippen molar-refractivity contribution in [2.75, 3.05) is 0 Å². The van der Waals surface area contributed by atoms with Crippen LogP contribution in [0.4, 0.5) is 0 Å². The average Bonchev–Trinajstić information content (AvgIpc) is 2.68. The van der Waals surface area contributed by atoms with Gasteiger partial charge in [0.05, 0.1) is 6.04 Å². The Morgan fingerprint density at radius 3 is 2.36 bits per heavy atom. The first-order valence-electron chi connectivity index (χ1n) is 4.68. The minimum atomic E-state index is -0.0486. The molecule has 72 valence electrons. The second kappa shape index (κ2) is 3.68. The third-order valence-electron chi connectivity index (χ3n) is 2.13. The molecule has 0 radical (unpaired) electrons. The van der Waals surface area contributed by atoms with Gasteiger partial charge in [0.15, 0.2) is 0 Å². The third kappa shape index (κ3) is 1.70. The Labute approximate surface area is 83.4 Å². The van der Waals surface area contributed by atoms with Crippen molar-refractivity contribution in [1.82, 2.24) is 0 Å². The number of rotatable bonds is 2. The zero-order valence-corrected chi connectivity index (χ0v) is 8.10. The minimum absolute atomic E-state index is 0.0486. The van der Waals surface area contributed by atoms with E-state index in [1.807, 2.05) is 49.4 Å². The van der Waals surface area contributed by atoms with Gasteiger partial charge in [-0.1, -0.05) is 30.3 Å². The van der Waals surface area contributed by atoms with Crippen LogP contribution in [-0.4, -0.2) is 0 Å². The Morgan fingerprint density at radius 1 is 1.07 bits per heavy atom. The maximum absolute atomic E-state index is 5.71. The van der Waals surface area contributed by atoms with Gasteiger partial charge in [0.25, 0.3) is 0 Å². The highest BCUT2D eigenvalue weighted by Gasteiger charge is 2.06. The Balaban J connectivity index is 2.34. The summed E-state index contributed by atoms with van der Waals surface area (Å²) >= 11 is 0. The van der Waals surface area contributed by atoms with Crippen molar-refractivity contribution < 1.29 is 4.42 Å². The molecule has 0 fully saturated rings. The van der Waals surface area contributed by atoms with E-state index in [1.165, 1.54) is 0 Å². The number of furan rings is 1. The van der Waals surface area contributed by atoms with Gasteiger partial charge in [-0.3, -0.25) is 0 Å². The van der Waals surface area contributed by atoms with E-state index in [2.05, 4.69) is 0 Å². The fraction of sp³-hybridized carbons (Fsp3) is 0.167. The summed E-state index contributed by atoms with van der Waals surface area (Å²) in [6.07, 6.45) is 0. The number of nitrogens with two attached hydrogens (primary N) is 1. The van der Waals surface area contributed by atoms with Crippen LogP contribution in [0.25, 0.3) is 11.3 Å². The highest BCUT2D eigenvalue weighted by molar-refractivity contribution is 5.57. The summed E-state index contributed by atoms with van der Waals surface area (Å²) in [4.78, 5) is 0. The first-order valence-corrected chi connectivity index (χ1v) is 4.68. The van der Waals surface area contributed by atoms with E-state index in [9.17, 15) is 0 Å². The van der Waals surface area contributed by atoms with Gasteiger partial charge in [-0.05, 0) is 19.1 Å². The SMILES string of the molecule is C[C@@H](N)c1ccc(-c2ccccc2)o1. The van der Waals surface area contributed by atoms with Crippen molar-refractivity contribution in [3.05, 3.63) is 48.2 Å². The van der Waals surface area contributed by atoms with E-state index in [0.717, 1.165) is 17.1 Å². The molecule has 0 unspecified atom stereocenters. The molecule has 2 rings (SSSR count). The lowest BCUT2D eigenvalue weighted by Gasteiger charge is -1.99. The average molecular weight is 187 g/mol. The van der Waals surface area contributed by atoms with E-state index in [0.29, 0.717) is 0 Å². The summed E-state index contributed by atoms with van der Waals surface area (Å²) in [7, 11) is 0. The quantitative estimate of drug-likeness (QED) is 0.785. The second-order valence-electron chi connectivity index (χ2n) is 3.36. The zero-order chi connectivity index (χ0) is 9.97. The smallest absolute Gasteiger partial charge is 0.134 e. The van der Waals surface area contributed by atoms with Crippen molar-refractivity contribution in [1.29, 1.82) is 0 Å². The van der Waals surface area contributed by atoms with Crippen LogP contribution in [0, 0.1) is 0 Å². The van der Waals surface area contributed by atoms with Crippen molar-refractivity contribution in [3.8, 4) is 11.3 Å². The highest BCUT2D eigenvalue weighted by Crippen LogP contribution is 2.23. The van der Waals surface area contributed by atoms with Gasteiger partial charge in [-0.2, -0.15) is 0 Å². The first kappa shape index (κ1) is 9.03. The maximum Gasteiger partial charge on any atom is 0.134 e. The molecule has 1 atom stereocenters. The van der Waals surface area contributed by atoms with E-state index in [4.69, 9.17) is 10.2 Å². The van der Waals surface area contributed by atoms with Crippen molar-refractivity contribution >= 4 is 0 Å². The molecule has 2 nitrogen and oxygen atoms in total. The molecule has 1 aromatic heterocycles. The molecule has 0 spiro atoms. The van der Waals surface area contributed by atoms with Crippen LogP contribution in [0.1, 0.15) is 18.7 Å². The van der Waals surface area contributed by atoms with E-state index < -0.39 is 0 Å². The molecule has 1 aromatic carbocycles. The molecule has 0 bridgehead atoms. The molecule has 2 aromatic rings. The predicted molar refractivity (Wildman–Crippen MR) is 56.7 cm³/mol.